The number of aliphatic hydroxyl groups excluding tert-OH is 1. The largest absolute Gasteiger partial charge is 0.489 e. The van der Waals surface area contributed by atoms with Crippen molar-refractivity contribution in [2.24, 2.45) is 0 Å². The SMILES string of the molecule is N#CC(OCCO)c1ccc(OCc2ccccc2)cc1. The summed E-state index contributed by atoms with van der Waals surface area (Å²) in [6.07, 6.45) is -0.666. The van der Waals surface area contributed by atoms with Gasteiger partial charge in [-0.05, 0) is 23.3 Å². The van der Waals surface area contributed by atoms with E-state index < -0.39 is 6.10 Å². The van der Waals surface area contributed by atoms with Gasteiger partial charge in [-0.1, -0.05) is 42.5 Å². The van der Waals surface area contributed by atoms with Crippen molar-refractivity contribution >= 4 is 0 Å². The zero-order valence-corrected chi connectivity index (χ0v) is 11.6. The molecule has 2 aromatic carbocycles. The van der Waals surface area contributed by atoms with Gasteiger partial charge < -0.3 is 14.6 Å². The molecule has 0 aliphatic heterocycles. The zero-order valence-electron chi connectivity index (χ0n) is 11.6. The lowest BCUT2D eigenvalue weighted by Crippen LogP contribution is -2.06. The van der Waals surface area contributed by atoms with E-state index in [2.05, 4.69) is 6.07 Å². The summed E-state index contributed by atoms with van der Waals surface area (Å²) in [5.41, 5.74) is 1.85. The predicted molar refractivity (Wildman–Crippen MR) is 78.6 cm³/mol. The van der Waals surface area contributed by atoms with E-state index in [4.69, 9.17) is 19.8 Å². The Labute approximate surface area is 124 Å². The summed E-state index contributed by atoms with van der Waals surface area (Å²) in [6, 6.07) is 19.2. The summed E-state index contributed by atoms with van der Waals surface area (Å²) >= 11 is 0. The van der Waals surface area contributed by atoms with E-state index in [9.17, 15) is 0 Å². The number of benzene rings is 2. The highest BCUT2D eigenvalue weighted by Crippen LogP contribution is 2.20. The lowest BCUT2D eigenvalue weighted by Gasteiger charge is -2.11. The van der Waals surface area contributed by atoms with Crippen molar-refractivity contribution in [3.8, 4) is 11.8 Å². The summed E-state index contributed by atoms with van der Waals surface area (Å²) in [5, 5.41) is 17.8. The van der Waals surface area contributed by atoms with E-state index in [0.717, 1.165) is 16.9 Å². The second-order valence-electron chi connectivity index (χ2n) is 4.45. The van der Waals surface area contributed by atoms with Crippen LogP contribution in [-0.2, 0) is 11.3 Å². The Bertz CT molecular complexity index is 575. The molecule has 1 N–H and O–H groups in total. The van der Waals surface area contributed by atoms with Crippen LogP contribution >= 0.6 is 0 Å². The second kappa shape index (κ2) is 8.05. The van der Waals surface area contributed by atoms with E-state index in [-0.39, 0.29) is 13.2 Å². The summed E-state index contributed by atoms with van der Waals surface area (Å²) in [6.45, 7) is 0.545. The van der Waals surface area contributed by atoms with Gasteiger partial charge in [0.05, 0.1) is 19.3 Å². The lowest BCUT2D eigenvalue weighted by atomic mass is 10.1. The van der Waals surface area contributed by atoms with Gasteiger partial charge in [-0.2, -0.15) is 5.26 Å². The van der Waals surface area contributed by atoms with Crippen molar-refractivity contribution in [3.63, 3.8) is 0 Å². The van der Waals surface area contributed by atoms with Crippen molar-refractivity contribution < 1.29 is 14.6 Å². The van der Waals surface area contributed by atoms with Gasteiger partial charge >= 0.3 is 0 Å². The van der Waals surface area contributed by atoms with E-state index in [1.807, 2.05) is 42.5 Å². The molecule has 0 aliphatic carbocycles. The second-order valence-corrected chi connectivity index (χ2v) is 4.45. The quantitative estimate of drug-likeness (QED) is 0.848. The van der Waals surface area contributed by atoms with Crippen LogP contribution in [0, 0.1) is 11.3 Å². The van der Waals surface area contributed by atoms with Crippen LogP contribution in [0.2, 0.25) is 0 Å². The van der Waals surface area contributed by atoms with Crippen molar-refractivity contribution in [2.75, 3.05) is 13.2 Å². The first-order chi connectivity index (χ1) is 10.3. The number of ether oxygens (including phenoxy) is 2. The predicted octanol–water partition coefficient (Wildman–Crippen LogP) is 2.84. The molecule has 1 atom stereocenters. The highest BCUT2D eigenvalue weighted by molar-refractivity contribution is 5.31. The fourth-order valence-corrected chi connectivity index (χ4v) is 1.86. The maximum Gasteiger partial charge on any atom is 0.169 e. The first-order valence-electron chi connectivity index (χ1n) is 6.72. The summed E-state index contributed by atoms with van der Waals surface area (Å²) in [5.74, 6) is 0.737. The van der Waals surface area contributed by atoms with Crippen LogP contribution in [0.4, 0.5) is 0 Å². The highest BCUT2D eigenvalue weighted by atomic mass is 16.5. The molecule has 2 aromatic rings. The van der Waals surface area contributed by atoms with Crippen molar-refractivity contribution in [3.05, 3.63) is 65.7 Å². The molecule has 0 saturated heterocycles. The fraction of sp³-hybridized carbons (Fsp3) is 0.235. The fourth-order valence-electron chi connectivity index (χ4n) is 1.86. The average molecular weight is 283 g/mol. The molecule has 0 bridgehead atoms. The van der Waals surface area contributed by atoms with Crippen LogP contribution in [0.25, 0.3) is 0 Å². The average Bonchev–Trinajstić information content (AvgIpc) is 2.56. The normalized spacial score (nSPS) is 11.6. The summed E-state index contributed by atoms with van der Waals surface area (Å²) in [7, 11) is 0. The van der Waals surface area contributed by atoms with Gasteiger partial charge in [-0.25, -0.2) is 0 Å². The smallest absolute Gasteiger partial charge is 0.169 e. The maximum absolute atomic E-state index is 9.04. The number of rotatable bonds is 7. The number of nitrogens with zero attached hydrogens (tertiary/aromatic N) is 1. The molecule has 21 heavy (non-hydrogen) atoms. The minimum absolute atomic E-state index is 0.101. The Morgan fingerprint density at radius 1 is 1.05 bits per heavy atom. The number of aliphatic hydroxyl groups is 1. The third-order valence-electron chi connectivity index (χ3n) is 2.92. The molecule has 108 valence electrons. The maximum atomic E-state index is 9.04. The molecule has 0 heterocycles. The van der Waals surface area contributed by atoms with Crippen molar-refractivity contribution in [1.82, 2.24) is 0 Å². The molecule has 4 heteroatoms. The Balaban J connectivity index is 1.94. The first kappa shape index (κ1) is 15.0. The lowest BCUT2D eigenvalue weighted by molar-refractivity contribution is 0.0581. The van der Waals surface area contributed by atoms with Crippen molar-refractivity contribution in [2.45, 2.75) is 12.7 Å². The van der Waals surface area contributed by atoms with E-state index in [0.29, 0.717) is 6.61 Å². The topological polar surface area (TPSA) is 62.5 Å². The molecule has 0 fully saturated rings. The highest BCUT2D eigenvalue weighted by Gasteiger charge is 2.10. The van der Waals surface area contributed by atoms with Crippen molar-refractivity contribution in [1.29, 1.82) is 5.26 Å². The Kier molecular flexibility index (Phi) is 5.77. The standard InChI is InChI=1S/C17H17NO3/c18-12-17(20-11-10-19)15-6-8-16(9-7-15)21-13-14-4-2-1-3-5-14/h1-9,17,19H,10-11,13H2. The van der Waals surface area contributed by atoms with E-state index >= 15 is 0 Å². The third-order valence-corrected chi connectivity index (χ3v) is 2.92. The first-order valence-corrected chi connectivity index (χ1v) is 6.72. The number of hydrogen-bond acceptors (Lipinski definition) is 4. The zero-order chi connectivity index (χ0) is 14.9. The molecule has 0 saturated carbocycles. The summed E-state index contributed by atoms with van der Waals surface area (Å²) < 4.78 is 10.9. The van der Waals surface area contributed by atoms with Gasteiger partial charge in [0.2, 0.25) is 0 Å². The van der Waals surface area contributed by atoms with Crippen LogP contribution in [0.1, 0.15) is 17.2 Å². The molecular formula is C17H17NO3. The molecule has 0 amide bonds. The van der Waals surface area contributed by atoms with Gasteiger partial charge in [0.15, 0.2) is 6.10 Å². The Morgan fingerprint density at radius 3 is 2.38 bits per heavy atom. The van der Waals surface area contributed by atoms with Crippen LogP contribution in [0.5, 0.6) is 5.75 Å². The van der Waals surface area contributed by atoms with Gasteiger partial charge in [0.1, 0.15) is 12.4 Å². The van der Waals surface area contributed by atoms with E-state index in [1.54, 1.807) is 12.1 Å². The Morgan fingerprint density at radius 2 is 1.76 bits per heavy atom. The molecule has 1 unspecified atom stereocenters. The monoisotopic (exact) mass is 283 g/mol. The third kappa shape index (κ3) is 4.60. The molecule has 0 aromatic heterocycles. The minimum atomic E-state index is -0.666. The van der Waals surface area contributed by atoms with Crippen LogP contribution in [0.15, 0.2) is 54.6 Å². The van der Waals surface area contributed by atoms with Gasteiger partial charge in [-0.15, -0.1) is 0 Å². The number of nitriles is 1. The molecule has 4 nitrogen and oxygen atoms in total. The minimum Gasteiger partial charge on any atom is -0.489 e. The molecule has 0 aliphatic rings. The van der Waals surface area contributed by atoms with Gasteiger partial charge in [0.25, 0.3) is 0 Å². The number of hydrogen-bond donors (Lipinski definition) is 1. The van der Waals surface area contributed by atoms with Gasteiger partial charge in [0, 0.05) is 0 Å². The molecule has 2 rings (SSSR count). The molecule has 0 spiro atoms. The molecular weight excluding hydrogens is 266 g/mol. The van der Waals surface area contributed by atoms with Gasteiger partial charge in [-0.3, -0.25) is 0 Å². The van der Waals surface area contributed by atoms with Crippen LogP contribution < -0.4 is 4.74 Å². The summed E-state index contributed by atoms with van der Waals surface area (Å²) in [4.78, 5) is 0. The molecule has 0 radical (unpaired) electrons. The van der Waals surface area contributed by atoms with Crippen LogP contribution in [0.3, 0.4) is 0 Å². The van der Waals surface area contributed by atoms with E-state index in [1.165, 1.54) is 0 Å². The van der Waals surface area contributed by atoms with Crippen LogP contribution in [-0.4, -0.2) is 18.3 Å². The Hall–Kier alpha value is -2.35.